The molecule has 0 saturated heterocycles. The molecule has 1 saturated carbocycles. The number of ether oxygens (including phenoxy) is 1. The van der Waals surface area contributed by atoms with Crippen LogP contribution in [0.3, 0.4) is 0 Å². The normalized spacial score (nSPS) is 18.7. The minimum Gasteiger partial charge on any atom is -0.481 e. The Labute approximate surface area is 197 Å². The summed E-state index contributed by atoms with van der Waals surface area (Å²) in [5, 5.41) is 16.3. The van der Waals surface area contributed by atoms with E-state index in [4.69, 9.17) is 14.7 Å². The number of esters is 1. The predicted molar refractivity (Wildman–Crippen MR) is 117 cm³/mol. The number of carboxylic acid groups (broad SMARTS) is 1. The molecule has 0 unspecified atom stereocenters. The van der Waals surface area contributed by atoms with Crippen molar-refractivity contribution >= 4 is 17.8 Å². The van der Waals surface area contributed by atoms with E-state index < -0.39 is 18.0 Å². The summed E-state index contributed by atoms with van der Waals surface area (Å²) in [6.45, 7) is 3.87. The molecule has 0 aromatic carbocycles. The molecule has 1 amide bonds. The molecule has 4 rings (SSSR count). The van der Waals surface area contributed by atoms with Crippen molar-refractivity contribution in [1.29, 1.82) is 0 Å². The molecular formula is C23H30N5O6+. The number of amides is 1. The summed E-state index contributed by atoms with van der Waals surface area (Å²) in [4.78, 5) is 45.5. The number of rotatable bonds is 11. The summed E-state index contributed by atoms with van der Waals surface area (Å²) in [6.07, 6.45) is 7.06. The zero-order valence-electron chi connectivity index (χ0n) is 19.6. The number of fused-ring (bicyclic) bond motifs is 3. The summed E-state index contributed by atoms with van der Waals surface area (Å²) in [5.41, 5.74) is 2.35. The minimum atomic E-state index is -0.951. The van der Waals surface area contributed by atoms with E-state index in [2.05, 4.69) is 15.4 Å². The molecule has 3 atom stereocenters. The van der Waals surface area contributed by atoms with Crippen LogP contribution in [-0.2, 0) is 20.7 Å². The van der Waals surface area contributed by atoms with Gasteiger partial charge in [0.15, 0.2) is 5.69 Å². The lowest BCUT2D eigenvalue weighted by Crippen LogP contribution is -2.42. The van der Waals surface area contributed by atoms with E-state index >= 15 is 0 Å². The maximum atomic E-state index is 13.3. The maximum Gasteiger partial charge on any atom is 0.305 e. The monoisotopic (exact) mass is 472 g/mol. The van der Waals surface area contributed by atoms with Gasteiger partial charge >= 0.3 is 11.9 Å². The molecule has 11 heteroatoms. The highest BCUT2D eigenvalue weighted by Crippen LogP contribution is 2.57. The van der Waals surface area contributed by atoms with Gasteiger partial charge in [0.05, 0.1) is 17.9 Å². The van der Waals surface area contributed by atoms with Crippen LogP contribution in [0.5, 0.6) is 0 Å². The smallest absolute Gasteiger partial charge is 0.305 e. The molecule has 0 bridgehead atoms. The zero-order valence-corrected chi connectivity index (χ0v) is 19.6. The zero-order chi connectivity index (χ0) is 24.4. The first-order valence-electron chi connectivity index (χ1n) is 11.5. The van der Waals surface area contributed by atoms with Crippen LogP contribution in [0.4, 0.5) is 0 Å². The Morgan fingerprint density at radius 2 is 2.12 bits per heavy atom. The molecule has 0 spiro atoms. The predicted octanol–water partition coefficient (Wildman–Crippen LogP) is 0.825. The molecule has 1 fully saturated rings. The number of aliphatic carboxylic acids is 1. The number of nitrogens with one attached hydrogen (secondary N) is 1. The van der Waals surface area contributed by atoms with Gasteiger partial charge in [0.1, 0.15) is 13.7 Å². The van der Waals surface area contributed by atoms with Crippen LogP contribution in [0.2, 0.25) is 0 Å². The molecule has 11 nitrogen and oxygen atoms in total. The second-order valence-corrected chi connectivity index (χ2v) is 9.14. The van der Waals surface area contributed by atoms with Crippen LogP contribution in [-0.4, -0.2) is 57.5 Å². The SMILES string of the molecule is CO[n+]1ccnc(-n2nc(C(=O)N[C@H](COC(=O)CCCC(=O)O)C(C)C)c3c2[C@@H]2C[C@@H]2C3)c1. The first kappa shape index (κ1) is 23.7. The van der Waals surface area contributed by atoms with Gasteiger partial charge in [0, 0.05) is 29.1 Å². The number of aromatic nitrogens is 4. The van der Waals surface area contributed by atoms with Gasteiger partial charge in [-0.15, -0.1) is 0 Å². The van der Waals surface area contributed by atoms with E-state index in [-0.39, 0.29) is 37.7 Å². The molecule has 2 aliphatic carbocycles. The van der Waals surface area contributed by atoms with Crippen molar-refractivity contribution in [1.82, 2.24) is 20.1 Å². The lowest BCUT2D eigenvalue weighted by molar-refractivity contribution is -0.885. The maximum absolute atomic E-state index is 13.3. The van der Waals surface area contributed by atoms with Crippen molar-refractivity contribution in [2.24, 2.45) is 11.8 Å². The molecule has 2 aliphatic rings. The van der Waals surface area contributed by atoms with E-state index in [1.807, 2.05) is 13.8 Å². The number of carbonyl (C=O) groups is 3. The van der Waals surface area contributed by atoms with Crippen LogP contribution in [0.25, 0.3) is 5.82 Å². The Bertz CT molecular complexity index is 1100. The van der Waals surface area contributed by atoms with Crippen molar-refractivity contribution in [2.45, 2.75) is 57.9 Å². The van der Waals surface area contributed by atoms with Crippen molar-refractivity contribution in [3.8, 4) is 5.82 Å². The number of hydrogen-bond acceptors (Lipinski definition) is 7. The lowest BCUT2D eigenvalue weighted by atomic mass is 10.0. The fourth-order valence-corrected chi connectivity index (χ4v) is 4.34. The molecule has 182 valence electrons. The summed E-state index contributed by atoms with van der Waals surface area (Å²) < 4.78 is 8.57. The Hall–Kier alpha value is -3.50. The third kappa shape index (κ3) is 5.02. The van der Waals surface area contributed by atoms with E-state index in [0.717, 1.165) is 24.1 Å². The summed E-state index contributed by atoms with van der Waals surface area (Å²) in [7, 11) is 1.55. The van der Waals surface area contributed by atoms with Gasteiger partial charge in [-0.25, -0.2) is 9.67 Å². The Morgan fingerprint density at radius 1 is 1.32 bits per heavy atom. The highest BCUT2D eigenvalue weighted by atomic mass is 16.6. The van der Waals surface area contributed by atoms with E-state index in [9.17, 15) is 14.4 Å². The Balaban J connectivity index is 1.47. The molecule has 0 aliphatic heterocycles. The highest BCUT2D eigenvalue weighted by molar-refractivity contribution is 5.94. The van der Waals surface area contributed by atoms with Gasteiger partial charge in [-0.2, -0.15) is 5.10 Å². The molecule has 34 heavy (non-hydrogen) atoms. The average Bonchev–Trinajstić information content (AvgIpc) is 3.30. The molecule has 2 aromatic heterocycles. The van der Waals surface area contributed by atoms with E-state index in [1.165, 1.54) is 4.73 Å². The third-order valence-electron chi connectivity index (χ3n) is 6.39. The number of carbonyl (C=O) groups excluding carboxylic acids is 2. The molecule has 2 aromatic rings. The average molecular weight is 473 g/mol. The molecule has 2 heterocycles. The second-order valence-electron chi connectivity index (χ2n) is 9.14. The first-order valence-corrected chi connectivity index (χ1v) is 11.5. The first-order chi connectivity index (χ1) is 16.3. The van der Waals surface area contributed by atoms with Crippen LogP contribution < -0.4 is 14.9 Å². The van der Waals surface area contributed by atoms with Gasteiger partial charge in [0.2, 0.25) is 12.0 Å². The quantitative estimate of drug-likeness (QED) is 0.362. The molecule has 2 N–H and O–H groups in total. The van der Waals surface area contributed by atoms with Gasteiger partial charge in [0.25, 0.3) is 12.1 Å². The van der Waals surface area contributed by atoms with Gasteiger partial charge in [-0.05, 0) is 31.1 Å². The van der Waals surface area contributed by atoms with Gasteiger partial charge in [-0.1, -0.05) is 13.8 Å². The lowest BCUT2D eigenvalue weighted by Gasteiger charge is -2.22. The van der Waals surface area contributed by atoms with E-state index in [1.54, 1.807) is 30.4 Å². The fraction of sp³-hybridized carbons (Fsp3) is 0.565. The Morgan fingerprint density at radius 3 is 2.82 bits per heavy atom. The number of hydrogen-bond donors (Lipinski definition) is 2. The van der Waals surface area contributed by atoms with Crippen molar-refractivity contribution < 1.29 is 33.8 Å². The highest BCUT2D eigenvalue weighted by Gasteiger charge is 2.50. The van der Waals surface area contributed by atoms with Crippen LogP contribution >= 0.6 is 0 Å². The largest absolute Gasteiger partial charge is 0.481 e. The number of nitrogens with zero attached hydrogens (tertiary/aromatic N) is 4. The fourth-order valence-electron chi connectivity index (χ4n) is 4.34. The van der Waals surface area contributed by atoms with Crippen molar-refractivity contribution in [3.63, 3.8) is 0 Å². The molecular weight excluding hydrogens is 442 g/mol. The topological polar surface area (TPSA) is 137 Å². The van der Waals surface area contributed by atoms with Crippen LogP contribution in [0, 0.1) is 11.8 Å². The summed E-state index contributed by atoms with van der Waals surface area (Å²) in [6, 6.07) is -0.404. The summed E-state index contributed by atoms with van der Waals surface area (Å²) in [5.74, 6) is -0.238. The third-order valence-corrected chi connectivity index (χ3v) is 6.39. The standard InChI is InChI=1S/C23H29N5O6/c1-13(2)17(12-34-20(31)6-4-5-19(29)30)25-23(32)21-16-10-14-9-15(14)22(16)28(26-21)18-11-27(33-3)8-7-24-18/h7-8,11,13-15,17H,4-6,9-10,12H2,1-3H3,(H-,25,29,30,32)/p+1/t14-,15-,17-/m1/s1. The minimum absolute atomic E-state index is 0.00996. The van der Waals surface area contributed by atoms with Crippen LogP contribution in [0.15, 0.2) is 18.6 Å². The van der Waals surface area contributed by atoms with E-state index in [0.29, 0.717) is 23.3 Å². The van der Waals surface area contributed by atoms with Crippen LogP contribution in [0.1, 0.15) is 67.2 Å². The molecule has 0 radical (unpaired) electrons. The van der Waals surface area contributed by atoms with Gasteiger partial charge < -0.3 is 15.2 Å². The Kier molecular flexibility index (Phi) is 6.80. The second kappa shape index (κ2) is 9.78. The summed E-state index contributed by atoms with van der Waals surface area (Å²) >= 11 is 0. The van der Waals surface area contributed by atoms with Crippen molar-refractivity contribution in [3.05, 3.63) is 35.5 Å². The number of carboxylic acids is 1. The van der Waals surface area contributed by atoms with Gasteiger partial charge in [-0.3, -0.25) is 19.2 Å². The van der Waals surface area contributed by atoms with Crippen molar-refractivity contribution in [2.75, 3.05) is 13.7 Å².